The van der Waals surface area contributed by atoms with Gasteiger partial charge < -0.3 is 15.7 Å². The number of amides is 4. The van der Waals surface area contributed by atoms with Crippen LogP contribution in [0.3, 0.4) is 0 Å². The van der Waals surface area contributed by atoms with Crippen LogP contribution < -0.4 is 10.6 Å². The van der Waals surface area contributed by atoms with Crippen LogP contribution in [0.4, 0.5) is 4.79 Å². The molecule has 1 rings (SSSR count). The van der Waals surface area contributed by atoms with E-state index < -0.39 is 29.7 Å². The lowest BCUT2D eigenvalue weighted by atomic mass is 10.0. The summed E-state index contributed by atoms with van der Waals surface area (Å²) in [6, 6.07) is -0.697. The first-order valence-electron chi connectivity index (χ1n) is 6.91. The maximum Gasteiger partial charge on any atom is 0.325 e. The van der Waals surface area contributed by atoms with Gasteiger partial charge in [-0.3, -0.25) is 19.3 Å². The van der Waals surface area contributed by atoms with Crippen LogP contribution in [-0.4, -0.2) is 53.0 Å². The van der Waals surface area contributed by atoms with E-state index in [0.29, 0.717) is 19.3 Å². The molecule has 2 atom stereocenters. The Morgan fingerprint density at radius 1 is 1.33 bits per heavy atom. The van der Waals surface area contributed by atoms with Gasteiger partial charge in [-0.2, -0.15) is 0 Å². The number of nitrogens with zero attached hydrogens (tertiary/aromatic N) is 1. The van der Waals surface area contributed by atoms with Gasteiger partial charge in [0, 0.05) is 6.04 Å². The zero-order valence-electron chi connectivity index (χ0n) is 12.2. The molecule has 8 nitrogen and oxygen atoms in total. The van der Waals surface area contributed by atoms with Gasteiger partial charge in [0.1, 0.15) is 6.54 Å². The number of urea groups is 1. The van der Waals surface area contributed by atoms with Crippen molar-refractivity contribution < 1.29 is 24.3 Å². The van der Waals surface area contributed by atoms with Crippen molar-refractivity contribution in [2.45, 2.75) is 39.2 Å². The van der Waals surface area contributed by atoms with Crippen LogP contribution in [0.2, 0.25) is 0 Å². The Balaban J connectivity index is 2.26. The summed E-state index contributed by atoms with van der Waals surface area (Å²) in [6.45, 7) is 3.08. The molecule has 1 heterocycles. The van der Waals surface area contributed by atoms with Crippen molar-refractivity contribution in [3.63, 3.8) is 0 Å². The highest BCUT2D eigenvalue weighted by Crippen LogP contribution is 2.09. The highest BCUT2D eigenvalue weighted by molar-refractivity contribution is 6.04. The van der Waals surface area contributed by atoms with Crippen LogP contribution >= 0.6 is 0 Å². The number of nitrogens with one attached hydrogen (secondary N) is 2. The highest BCUT2D eigenvalue weighted by Gasteiger charge is 2.30. The first-order chi connectivity index (χ1) is 9.81. The van der Waals surface area contributed by atoms with E-state index in [9.17, 15) is 19.2 Å². The van der Waals surface area contributed by atoms with Gasteiger partial charge in [-0.15, -0.1) is 0 Å². The number of carboxylic acid groups (broad SMARTS) is 1. The van der Waals surface area contributed by atoms with Crippen molar-refractivity contribution in [2.24, 2.45) is 5.92 Å². The van der Waals surface area contributed by atoms with Gasteiger partial charge >= 0.3 is 12.0 Å². The van der Waals surface area contributed by atoms with Gasteiger partial charge in [-0.05, 0) is 19.8 Å². The molecule has 3 N–H and O–H groups in total. The summed E-state index contributed by atoms with van der Waals surface area (Å²) in [5.41, 5.74) is 0. The minimum Gasteiger partial charge on any atom is -0.481 e. The predicted octanol–water partition coefficient (Wildman–Crippen LogP) is -0.0661. The fourth-order valence-corrected chi connectivity index (χ4v) is 2.01. The molecule has 0 aromatic heterocycles. The molecule has 21 heavy (non-hydrogen) atoms. The number of hydrogen-bond donors (Lipinski definition) is 3. The Kier molecular flexibility index (Phi) is 6.13. The number of carboxylic acids is 1. The lowest BCUT2D eigenvalue weighted by Gasteiger charge is -2.17. The lowest BCUT2D eigenvalue weighted by molar-refractivity contribution is -0.141. The second-order valence-electron chi connectivity index (χ2n) is 5.28. The minimum atomic E-state index is -0.828. The van der Waals surface area contributed by atoms with E-state index >= 15 is 0 Å². The van der Waals surface area contributed by atoms with Crippen LogP contribution in [0.25, 0.3) is 0 Å². The van der Waals surface area contributed by atoms with Gasteiger partial charge in [0.05, 0.1) is 12.5 Å². The van der Waals surface area contributed by atoms with E-state index in [2.05, 4.69) is 10.6 Å². The van der Waals surface area contributed by atoms with Crippen LogP contribution in [0, 0.1) is 5.92 Å². The van der Waals surface area contributed by atoms with Gasteiger partial charge in [-0.25, -0.2) is 4.79 Å². The van der Waals surface area contributed by atoms with Gasteiger partial charge in [0.25, 0.3) is 5.91 Å². The Hall–Kier alpha value is -2.12. The molecule has 0 aromatic rings. The van der Waals surface area contributed by atoms with Gasteiger partial charge in [-0.1, -0.05) is 13.3 Å². The molecule has 118 valence electrons. The molecular weight excluding hydrogens is 278 g/mol. The summed E-state index contributed by atoms with van der Waals surface area (Å²) >= 11 is 0. The highest BCUT2D eigenvalue weighted by atomic mass is 16.4. The van der Waals surface area contributed by atoms with Crippen LogP contribution in [0.1, 0.15) is 33.1 Å². The molecule has 4 amide bonds. The van der Waals surface area contributed by atoms with Crippen molar-refractivity contribution in [2.75, 3.05) is 13.1 Å². The van der Waals surface area contributed by atoms with Gasteiger partial charge in [0.15, 0.2) is 0 Å². The number of hydrogen-bond acceptors (Lipinski definition) is 4. The Morgan fingerprint density at radius 3 is 2.52 bits per heavy atom. The zero-order chi connectivity index (χ0) is 16.0. The lowest BCUT2D eigenvalue weighted by Crippen LogP contribution is -2.43. The quantitative estimate of drug-likeness (QED) is 0.543. The number of rotatable bonds is 8. The van der Waals surface area contributed by atoms with E-state index in [1.807, 2.05) is 0 Å². The summed E-state index contributed by atoms with van der Waals surface area (Å²) in [5.74, 6) is -2.05. The van der Waals surface area contributed by atoms with E-state index in [1.165, 1.54) is 0 Å². The second-order valence-corrected chi connectivity index (χ2v) is 5.28. The standard InChI is InChI=1S/C13H21N3O5/c1-8(12(19)20)4-3-5-9(2)15-10(17)7-16-11(18)6-14-13(16)21/h8-9H,3-7H2,1-2H3,(H,14,21)(H,15,17)(H,19,20). The molecule has 0 spiro atoms. The minimum absolute atomic E-state index is 0.0747. The molecule has 1 aliphatic heterocycles. The molecule has 0 aliphatic carbocycles. The molecule has 8 heteroatoms. The summed E-state index contributed by atoms with van der Waals surface area (Å²) in [4.78, 5) is 45.9. The largest absolute Gasteiger partial charge is 0.481 e. The van der Waals surface area contributed by atoms with E-state index in [1.54, 1.807) is 13.8 Å². The number of imide groups is 1. The third-order valence-electron chi connectivity index (χ3n) is 3.34. The third kappa shape index (κ3) is 5.41. The van der Waals surface area contributed by atoms with E-state index in [4.69, 9.17) is 5.11 Å². The van der Waals surface area contributed by atoms with Gasteiger partial charge in [0.2, 0.25) is 5.91 Å². The fraction of sp³-hybridized carbons (Fsp3) is 0.692. The molecule has 1 fully saturated rings. The molecule has 1 aliphatic rings. The number of carbonyl (C=O) groups excluding carboxylic acids is 3. The molecule has 1 saturated heterocycles. The molecular formula is C13H21N3O5. The molecule has 0 aromatic carbocycles. The van der Waals surface area contributed by atoms with Crippen LogP contribution in [0.15, 0.2) is 0 Å². The second kappa shape index (κ2) is 7.61. The smallest absolute Gasteiger partial charge is 0.325 e. The van der Waals surface area contributed by atoms with E-state index in [0.717, 1.165) is 4.90 Å². The van der Waals surface area contributed by atoms with Crippen molar-refractivity contribution in [1.29, 1.82) is 0 Å². The average Bonchev–Trinajstić information content (AvgIpc) is 2.70. The van der Waals surface area contributed by atoms with Crippen molar-refractivity contribution >= 4 is 23.8 Å². The van der Waals surface area contributed by atoms with Crippen molar-refractivity contribution in [3.05, 3.63) is 0 Å². The summed E-state index contributed by atoms with van der Waals surface area (Å²) in [5, 5.41) is 13.8. The maximum atomic E-state index is 11.7. The summed E-state index contributed by atoms with van der Waals surface area (Å²) in [7, 11) is 0. The molecule has 2 unspecified atom stereocenters. The maximum absolute atomic E-state index is 11.7. The Bertz CT molecular complexity index is 422. The fourth-order valence-electron chi connectivity index (χ4n) is 2.01. The number of carbonyl (C=O) groups is 4. The van der Waals surface area contributed by atoms with Crippen LogP contribution in [-0.2, 0) is 14.4 Å². The topological polar surface area (TPSA) is 116 Å². The normalized spacial score (nSPS) is 17.3. The average molecular weight is 299 g/mol. The predicted molar refractivity (Wildman–Crippen MR) is 73.4 cm³/mol. The summed E-state index contributed by atoms with van der Waals surface area (Å²) < 4.78 is 0. The monoisotopic (exact) mass is 299 g/mol. The van der Waals surface area contributed by atoms with Crippen molar-refractivity contribution in [1.82, 2.24) is 15.5 Å². The molecule has 0 bridgehead atoms. The number of aliphatic carboxylic acids is 1. The first kappa shape index (κ1) is 16.9. The van der Waals surface area contributed by atoms with E-state index in [-0.39, 0.29) is 19.1 Å². The third-order valence-corrected chi connectivity index (χ3v) is 3.34. The zero-order valence-corrected chi connectivity index (χ0v) is 12.2. The van der Waals surface area contributed by atoms with Crippen LogP contribution in [0.5, 0.6) is 0 Å². The van der Waals surface area contributed by atoms with Crippen molar-refractivity contribution in [3.8, 4) is 0 Å². The Labute approximate surface area is 122 Å². The SMILES string of the molecule is CC(CCCC(C)C(=O)O)NC(=O)CN1C(=O)CNC1=O. The summed E-state index contributed by atoms with van der Waals surface area (Å²) in [6.07, 6.45) is 1.87. The first-order valence-corrected chi connectivity index (χ1v) is 6.91. The molecule has 0 saturated carbocycles. The Morgan fingerprint density at radius 2 is 2.00 bits per heavy atom. The molecule has 0 radical (unpaired) electrons.